The summed E-state index contributed by atoms with van der Waals surface area (Å²) in [6, 6.07) is 12.7. The molecule has 1 atom stereocenters. The fraction of sp³-hybridized carbons (Fsp3) is 0.393. The van der Waals surface area contributed by atoms with Crippen molar-refractivity contribution in [3.8, 4) is 11.5 Å². The Hall–Kier alpha value is -3.17. The van der Waals surface area contributed by atoms with Gasteiger partial charge in [0.2, 0.25) is 11.1 Å². The van der Waals surface area contributed by atoms with Crippen molar-refractivity contribution in [2.24, 2.45) is 0 Å². The van der Waals surface area contributed by atoms with E-state index in [-0.39, 0.29) is 5.97 Å². The molecule has 202 valence electrons. The molecule has 1 aliphatic heterocycles. The molecule has 0 radical (unpaired) electrons. The molecule has 0 fully saturated rings. The first-order valence-electron chi connectivity index (χ1n) is 12.8. The fourth-order valence-electron chi connectivity index (χ4n) is 4.05. The molecule has 1 aliphatic rings. The number of halogens is 1. The van der Waals surface area contributed by atoms with E-state index >= 15 is 0 Å². The summed E-state index contributed by atoms with van der Waals surface area (Å²) in [5.41, 5.74) is 2.97. The van der Waals surface area contributed by atoms with E-state index in [0.29, 0.717) is 58.7 Å². The molecule has 0 saturated carbocycles. The Bertz CT molecular complexity index is 1290. The molecule has 0 spiro atoms. The zero-order valence-corrected chi connectivity index (χ0v) is 23.7. The van der Waals surface area contributed by atoms with Crippen molar-refractivity contribution < 1.29 is 19.0 Å². The number of allylic oxidation sites excluding steroid dienone is 1. The highest BCUT2D eigenvalue weighted by Gasteiger charge is 2.35. The maximum absolute atomic E-state index is 13.2. The smallest absolute Gasteiger partial charge is 0.338 e. The topological polar surface area (TPSA) is 87.5 Å². The Morgan fingerprint density at radius 3 is 2.58 bits per heavy atom. The maximum Gasteiger partial charge on any atom is 0.338 e. The minimum atomic E-state index is -0.538. The summed E-state index contributed by atoms with van der Waals surface area (Å²) in [5.74, 6) is 2.29. The number of carbonyl (C=O) groups is 1. The number of hydrogen-bond acceptors (Lipinski definition) is 8. The molecule has 4 rings (SSSR count). The van der Waals surface area contributed by atoms with Gasteiger partial charge in [-0.1, -0.05) is 55.4 Å². The number of fused-ring (bicyclic) bond motifs is 1. The number of ether oxygens (including phenoxy) is 3. The standard InChI is InChI=1S/C28H33ClN4O4S/c1-5-14-36-26(34)24-18(4)30-27-31-28(38-15-6-2)32-33(27)25(24)20-10-13-22(23(16-20)35-7-3)37-17-19-8-11-21(29)12-9-19/h8-13,16,25H,5-7,14-15,17H2,1-4H3,(H,30,31,32). The Morgan fingerprint density at radius 1 is 1.08 bits per heavy atom. The number of esters is 1. The summed E-state index contributed by atoms with van der Waals surface area (Å²) in [6.45, 7) is 9.02. The third kappa shape index (κ3) is 6.45. The molecule has 0 bridgehead atoms. The van der Waals surface area contributed by atoms with Gasteiger partial charge in [-0.15, -0.1) is 5.10 Å². The van der Waals surface area contributed by atoms with Crippen LogP contribution in [0.4, 0.5) is 5.95 Å². The van der Waals surface area contributed by atoms with E-state index in [0.717, 1.165) is 29.7 Å². The lowest BCUT2D eigenvalue weighted by atomic mass is 9.95. The quantitative estimate of drug-likeness (QED) is 0.196. The van der Waals surface area contributed by atoms with Crippen LogP contribution < -0.4 is 14.8 Å². The molecule has 1 aromatic heterocycles. The van der Waals surface area contributed by atoms with Crippen LogP contribution in [0.1, 0.15) is 57.7 Å². The van der Waals surface area contributed by atoms with E-state index in [9.17, 15) is 4.79 Å². The average Bonchev–Trinajstić information content (AvgIpc) is 3.32. The van der Waals surface area contributed by atoms with E-state index in [1.54, 1.807) is 16.4 Å². The molecular weight excluding hydrogens is 524 g/mol. The van der Waals surface area contributed by atoms with Crippen LogP contribution in [0.5, 0.6) is 11.5 Å². The van der Waals surface area contributed by atoms with Crippen molar-refractivity contribution >= 4 is 35.3 Å². The van der Waals surface area contributed by atoms with Gasteiger partial charge in [-0.25, -0.2) is 9.48 Å². The van der Waals surface area contributed by atoms with E-state index in [1.165, 1.54) is 0 Å². The molecule has 0 saturated heterocycles. The van der Waals surface area contributed by atoms with Crippen molar-refractivity contribution in [2.45, 2.75) is 58.3 Å². The van der Waals surface area contributed by atoms with Crippen molar-refractivity contribution in [2.75, 3.05) is 24.3 Å². The molecule has 0 amide bonds. The number of anilines is 1. The number of thioether (sulfide) groups is 1. The SMILES string of the molecule is CCCOC(=O)C1=C(C)Nc2nc(SCCC)nn2C1c1ccc(OCc2ccc(Cl)cc2)c(OCC)c1. The number of carbonyl (C=O) groups excluding carboxylic acids is 1. The number of rotatable bonds is 12. The van der Waals surface area contributed by atoms with Gasteiger partial charge in [-0.3, -0.25) is 0 Å². The summed E-state index contributed by atoms with van der Waals surface area (Å²) < 4.78 is 19.4. The van der Waals surface area contributed by atoms with Crippen LogP contribution in [-0.4, -0.2) is 39.7 Å². The van der Waals surface area contributed by atoms with Gasteiger partial charge in [-0.05, 0) is 62.1 Å². The Labute approximate surface area is 232 Å². The van der Waals surface area contributed by atoms with Crippen LogP contribution in [0.15, 0.2) is 58.9 Å². The number of aromatic nitrogens is 3. The largest absolute Gasteiger partial charge is 0.490 e. The van der Waals surface area contributed by atoms with E-state index in [2.05, 4.69) is 17.2 Å². The zero-order valence-electron chi connectivity index (χ0n) is 22.1. The first-order chi connectivity index (χ1) is 18.4. The molecule has 0 aliphatic carbocycles. The summed E-state index contributed by atoms with van der Waals surface area (Å²) in [5, 5.41) is 9.33. The molecule has 8 nitrogen and oxygen atoms in total. The van der Waals surface area contributed by atoms with Crippen molar-refractivity contribution in [1.82, 2.24) is 14.8 Å². The molecule has 10 heteroatoms. The molecular formula is C28H33ClN4O4S. The second kappa shape index (κ2) is 13.1. The summed E-state index contributed by atoms with van der Waals surface area (Å²) in [4.78, 5) is 17.9. The van der Waals surface area contributed by atoms with Crippen LogP contribution in [0.2, 0.25) is 5.02 Å². The molecule has 3 aromatic rings. The van der Waals surface area contributed by atoms with Crippen molar-refractivity contribution in [3.63, 3.8) is 0 Å². The number of benzene rings is 2. The van der Waals surface area contributed by atoms with Crippen LogP contribution in [0, 0.1) is 0 Å². The Kier molecular flexibility index (Phi) is 9.58. The van der Waals surface area contributed by atoms with Crippen LogP contribution in [0.3, 0.4) is 0 Å². The second-order valence-corrected chi connectivity index (χ2v) is 10.3. The second-order valence-electron chi connectivity index (χ2n) is 8.77. The Balaban J connectivity index is 1.71. The summed E-state index contributed by atoms with van der Waals surface area (Å²) >= 11 is 7.59. The lowest BCUT2D eigenvalue weighted by molar-refractivity contribution is -0.139. The predicted octanol–water partition coefficient (Wildman–Crippen LogP) is 6.65. The first kappa shape index (κ1) is 27.9. The van der Waals surface area contributed by atoms with E-state index < -0.39 is 6.04 Å². The van der Waals surface area contributed by atoms with Crippen LogP contribution in [-0.2, 0) is 16.1 Å². The highest BCUT2D eigenvalue weighted by Crippen LogP contribution is 2.40. The molecule has 1 N–H and O–H groups in total. The molecule has 2 heterocycles. The molecule has 1 unspecified atom stereocenters. The van der Waals surface area contributed by atoms with Crippen LogP contribution in [0.25, 0.3) is 0 Å². The number of nitrogens with one attached hydrogen (secondary N) is 1. The number of nitrogens with zero attached hydrogens (tertiary/aromatic N) is 3. The van der Waals surface area contributed by atoms with Crippen molar-refractivity contribution in [3.05, 3.63) is 69.9 Å². The van der Waals surface area contributed by atoms with Crippen LogP contribution >= 0.6 is 23.4 Å². The average molecular weight is 557 g/mol. The maximum atomic E-state index is 13.2. The summed E-state index contributed by atoms with van der Waals surface area (Å²) in [7, 11) is 0. The van der Waals surface area contributed by atoms with E-state index in [4.69, 9.17) is 30.9 Å². The van der Waals surface area contributed by atoms with Gasteiger partial charge < -0.3 is 19.5 Å². The van der Waals surface area contributed by atoms with Gasteiger partial charge in [0.1, 0.15) is 12.6 Å². The van der Waals surface area contributed by atoms with Gasteiger partial charge in [0.05, 0.1) is 18.8 Å². The summed E-state index contributed by atoms with van der Waals surface area (Å²) in [6.07, 6.45) is 1.74. The van der Waals surface area contributed by atoms with Gasteiger partial charge >= 0.3 is 5.97 Å². The predicted molar refractivity (Wildman–Crippen MR) is 150 cm³/mol. The first-order valence-corrected chi connectivity index (χ1v) is 14.2. The Morgan fingerprint density at radius 2 is 1.87 bits per heavy atom. The highest BCUT2D eigenvalue weighted by atomic mass is 35.5. The molecule has 2 aromatic carbocycles. The monoisotopic (exact) mass is 556 g/mol. The van der Waals surface area contributed by atoms with Gasteiger partial charge in [0.25, 0.3) is 0 Å². The third-order valence-electron chi connectivity index (χ3n) is 5.82. The van der Waals surface area contributed by atoms with Gasteiger partial charge in [0.15, 0.2) is 11.5 Å². The van der Waals surface area contributed by atoms with Gasteiger partial charge in [0, 0.05) is 16.5 Å². The lowest BCUT2D eigenvalue weighted by Gasteiger charge is -2.28. The zero-order chi connectivity index (χ0) is 27.1. The number of hydrogen-bond donors (Lipinski definition) is 1. The third-order valence-corrected chi connectivity index (χ3v) is 7.11. The lowest BCUT2D eigenvalue weighted by Crippen LogP contribution is -2.29. The minimum absolute atomic E-state index is 0.339. The van der Waals surface area contributed by atoms with E-state index in [1.807, 2.05) is 63.2 Å². The van der Waals surface area contributed by atoms with Crippen molar-refractivity contribution in [1.29, 1.82) is 0 Å². The normalized spacial score (nSPS) is 14.6. The highest BCUT2D eigenvalue weighted by molar-refractivity contribution is 7.99. The van der Waals surface area contributed by atoms with Gasteiger partial charge in [-0.2, -0.15) is 4.98 Å². The fourth-order valence-corrected chi connectivity index (χ4v) is 4.86. The minimum Gasteiger partial charge on any atom is -0.490 e. The molecule has 38 heavy (non-hydrogen) atoms.